The van der Waals surface area contributed by atoms with Crippen LogP contribution in [0.25, 0.3) is 21.8 Å². The van der Waals surface area contributed by atoms with E-state index in [0.29, 0.717) is 0 Å². The van der Waals surface area contributed by atoms with Gasteiger partial charge in [0.2, 0.25) is 0 Å². The predicted octanol–water partition coefficient (Wildman–Crippen LogP) is 2.42. The SMILES string of the molecule is Cc1ccc2ccc3n[nH]nc3c2c1. The first-order chi connectivity index (χ1) is 6.84. The minimum absolute atomic E-state index is 0.920. The van der Waals surface area contributed by atoms with E-state index >= 15 is 0 Å². The number of aryl methyl sites for hydroxylation is 1. The molecule has 0 fully saturated rings. The molecule has 3 rings (SSSR count). The van der Waals surface area contributed by atoms with Gasteiger partial charge in [0.1, 0.15) is 11.0 Å². The first-order valence-electron chi connectivity index (χ1n) is 4.54. The molecule has 0 unspecified atom stereocenters. The fraction of sp³-hybridized carbons (Fsp3) is 0.0909. The van der Waals surface area contributed by atoms with Crippen molar-refractivity contribution in [1.82, 2.24) is 15.4 Å². The van der Waals surface area contributed by atoms with E-state index in [1.807, 2.05) is 6.07 Å². The number of fused-ring (bicyclic) bond motifs is 3. The van der Waals surface area contributed by atoms with E-state index in [0.717, 1.165) is 16.4 Å². The third kappa shape index (κ3) is 0.923. The van der Waals surface area contributed by atoms with Crippen LogP contribution in [-0.4, -0.2) is 15.4 Å². The molecular weight excluding hydrogens is 174 g/mol. The maximum absolute atomic E-state index is 4.15. The zero-order valence-electron chi connectivity index (χ0n) is 7.78. The maximum Gasteiger partial charge on any atom is 0.120 e. The van der Waals surface area contributed by atoms with Gasteiger partial charge in [-0.25, -0.2) is 0 Å². The average molecular weight is 183 g/mol. The van der Waals surface area contributed by atoms with E-state index in [-0.39, 0.29) is 0 Å². The quantitative estimate of drug-likeness (QED) is 0.581. The van der Waals surface area contributed by atoms with Gasteiger partial charge in [-0.15, -0.1) is 0 Å². The molecule has 0 aliphatic heterocycles. The molecule has 1 heterocycles. The van der Waals surface area contributed by atoms with Crippen molar-refractivity contribution in [3.8, 4) is 0 Å². The van der Waals surface area contributed by atoms with Gasteiger partial charge in [-0.2, -0.15) is 15.4 Å². The molecule has 0 aliphatic carbocycles. The van der Waals surface area contributed by atoms with Crippen molar-refractivity contribution < 1.29 is 0 Å². The lowest BCUT2D eigenvalue weighted by atomic mass is 10.1. The minimum atomic E-state index is 0.920. The first kappa shape index (κ1) is 7.50. The molecule has 2 aromatic carbocycles. The summed E-state index contributed by atoms with van der Waals surface area (Å²) in [5.74, 6) is 0. The van der Waals surface area contributed by atoms with Crippen LogP contribution in [0.2, 0.25) is 0 Å². The molecule has 0 aliphatic rings. The van der Waals surface area contributed by atoms with Crippen molar-refractivity contribution >= 4 is 21.8 Å². The minimum Gasteiger partial charge on any atom is -0.197 e. The summed E-state index contributed by atoms with van der Waals surface area (Å²) in [7, 11) is 0. The predicted molar refractivity (Wildman–Crippen MR) is 56.1 cm³/mol. The normalized spacial score (nSPS) is 11.2. The average Bonchev–Trinajstić information content (AvgIpc) is 2.65. The molecule has 0 atom stereocenters. The fourth-order valence-corrected chi connectivity index (χ4v) is 1.74. The highest BCUT2D eigenvalue weighted by atomic mass is 15.3. The number of nitrogens with zero attached hydrogens (tertiary/aromatic N) is 2. The van der Waals surface area contributed by atoms with Crippen molar-refractivity contribution in [3.05, 3.63) is 35.9 Å². The third-order valence-corrected chi connectivity index (χ3v) is 2.46. The van der Waals surface area contributed by atoms with Crippen LogP contribution in [0.3, 0.4) is 0 Å². The Labute approximate surface area is 80.7 Å². The highest BCUT2D eigenvalue weighted by Gasteiger charge is 2.03. The van der Waals surface area contributed by atoms with Crippen molar-refractivity contribution in [3.63, 3.8) is 0 Å². The Hall–Kier alpha value is -1.90. The lowest BCUT2D eigenvalue weighted by Crippen LogP contribution is -1.78. The zero-order valence-corrected chi connectivity index (χ0v) is 7.78. The van der Waals surface area contributed by atoms with E-state index in [2.05, 4.69) is 46.6 Å². The Morgan fingerprint density at radius 1 is 1.07 bits per heavy atom. The maximum atomic E-state index is 4.15. The number of aromatic amines is 1. The monoisotopic (exact) mass is 183 g/mol. The Morgan fingerprint density at radius 2 is 1.93 bits per heavy atom. The molecular formula is C11H9N3. The standard InChI is InChI=1S/C11H9N3/c1-7-2-3-8-4-5-10-11(9(8)6-7)13-14-12-10/h2-6H,1H3,(H,12,13,14). The lowest BCUT2D eigenvalue weighted by Gasteiger charge is -1.98. The summed E-state index contributed by atoms with van der Waals surface area (Å²) >= 11 is 0. The number of H-pyrrole nitrogens is 1. The zero-order chi connectivity index (χ0) is 9.54. The molecule has 0 saturated carbocycles. The molecule has 68 valence electrons. The van der Waals surface area contributed by atoms with Gasteiger partial charge in [-0.05, 0) is 24.4 Å². The number of nitrogens with one attached hydrogen (secondary N) is 1. The highest BCUT2D eigenvalue weighted by molar-refractivity contribution is 6.03. The van der Waals surface area contributed by atoms with Crippen molar-refractivity contribution in [2.45, 2.75) is 6.92 Å². The summed E-state index contributed by atoms with van der Waals surface area (Å²) in [6, 6.07) is 10.4. The summed E-state index contributed by atoms with van der Waals surface area (Å²) in [5, 5.41) is 13.2. The number of benzene rings is 2. The second-order valence-electron chi connectivity index (χ2n) is 3.48. The highest BCUT2D eigenvalue weighted by Crippen LogP contribution is 2.22. The van der Waals surface area contributed by atoms with Crippen molar-refractivity contribution in [2.75, 3.05) is 0 Å². The van der Waals surface area contributed by atoms with Gasteiger partial charge in [-0.3, -0.25) is 0 Å². The summed E-state index contributed by atoms with van der Waals surface area (Å²) in [5.41, 5.74) is 3.11. The molecule has 0 radical (unpaired) electrons. The topological polar surface area (TPSA) is 41.6 Å². The van der Waals surface area contributed by atoms with Gasteiger partial charge in [-0.1, -0.05) is 23.8 Å². The number of rotatable bonds is 0. The second-order valence-corrected chi connectivity index (χ2v) is 3.48. The van der Waals surface area contributed by atoms with Crippen LogP contribution >= 0.6 is 0 Å². The summed E-state index contributed by atoms with van der Waals surface area (Å²) in [4.78, 5) is 0. The van der Waals surface area contributed by atoms with E-state index in [1.165, 1.54) is 10.9 Å². The molecule has 0 saturated heterocycles. The van der Waals surface area contributed by atoms with E-state index < -0.39 is 0 Å². The largest absolute Gasteiger partial charge is 0.197 e. The van der Waals surface area contributed by atoms with Gasteiger partial charge in [0, 0.05) is 5.39 Å². The van der Waals surface area contributed by atoms with Crippen molar-refractivity contribution in [2.24, 2.45) is 0 Å². The van der Waals surface area contributed by atoms with Gasteiger partial charge >= 0.3 is 0 Å². The van der Waals surface area contributed by atoms with Crippen LogP contribution in [0, 0.1) is 6.92 Å². The van der Waals surface area contributed by atoms with Gasteiger partial charge < -0.3 is 0 Å². The third-order valence-electron chi connectivity index (χ3n) is 2.46. The van der Waals surface area contributed by atoms with Crippen LogP contribution in [0.1, 0.15) is 5.56 Å². The number of hydrogen-bond donors (Lipinski definition) is 1. The first-order valence-corrected chi connectivity index (χ1v) is 4.54. The Bertz CT molecular complexity index is 610. The molecule has 3 aromatic rings. The van der Waals surface area contributed by atoms with Gasteiger partial charge in [0.15, 0.2) is 0 Å². The smallest absolute Gasteiger partial charge is 0.120 e. The van der Waals surface area contributed by atoms with Crippen LogP contribution in [0.15, 0.2) is 30.3 Å². The molecule has 0 amide bonds. The lowest BCUT2D eigenvalue weighted by molar-refractivity contribution is 0.960. The molecule has 3 heteroatoms. The van der Waals surface area contributed by atoms with Crippen LogP contribution in [0.5, 0.6) is 0 Å². The Kier molecular flexibility index (Phi) is 1.36. The fourth-order valence-electron chi connectivity index (χ4n) is 1.74. The van der Waals surface area contributed by atoms with Gasteiger partial charge in [0.05, 0.1) is 0 Å². The van der Waals surface area contributed by atoms with E-state index in [1.54, 1.807) is 0 Å². The molecule has 3 nitrogen and oxygen atoms in total. The summed E-state index contributed by atoms with van der Waals surface area (Å²) in [6.07, 6.45) is 0. The Balaban J connectivity index is 2.60. The molecule has 14 heavy (non-hydrogen) atoms. The summed E-state index contributed by atoms with van der Waals surface area (Å²) < 4.78 is 0. The molecule has 0 bridgehead atoms. The van der Waals surface area contributed by atoms with Gasteiger partial charge in [0.25, 0.3) is 0 Å². The van der Waals surface area contributed by atoms with Crippen LogP contribution < -0.4 is 0 Å². The van der Waals surface area contributed by atoms with E-state index in [9.17, 15) is 0 Å². The molecule has 1 aromatic heterocycles. The van der Waals surface area contributed by atoms with Crippen LogP contribution in [0.4, 0.5) is 0 Å². The van der Waals surface area contributed by atoms with Crippen LogP contribution in [-0.2, 0) is 0 Å². The summed E-state index contributed by atoms with van der Waals surface area (Å²) in [6.45, 7) is 2.08. The van der Waals surface area contributed by atoms with E-state index in [4.69, 9.17) is 0 Å². The number of aromatic nitrogens is 3. The second kappa shape index (κ2) is 2.54. The Morgan fingerprint density at radius 3 is 2.86 bits per heavy atom. The molecule has 1 N–H and O–H groups in total. The molecule has 0 spiro atoms. The van der Waals surface area contributed by atoms with Crippen molar-refractivity contribution in [1.29, 1.82) is 0 Å². The number of hydrogen-bond acceptors (Lipinski definition) is 2.